The highest BCUT2D eigenvalue weighted by Gasteiger charge is 2.37. The third-order valence-corrected chi connectivity index (χ3v) is 4.79. The highest BCUT2D eigenvalue weighted by molar-refractivity contribution is 7.62. The number of carbonyl (C=O) groups is 1. The number of amides is 1. The van der Waals surface area contributed by atoms with Gasteiger partial charge in [0.25, 0.3) is 5.91 Å². The Kier molecular flexibility index (Phi) is 3.81. The minimum Gasteiger partial charge on any atom is -0.355 e. The molecule has 1 aromatic rings. The Morgan fingerprint density at radius 3 is 2.21 bits per heavy atom. The number of nitrogens with one attached hydrogen (secondary N) is 1. The molecule has 1 amide bonds. The Morgan fingerprint density at radius 2 is 1.74 bits per heavy atom. The molecular weight excluding hydrogens is 265 g/mol. The zero-order chi connectivity index (χ0) is 14.1. The summed E-state index contributed by atoms with van der Waals surface area (Å²) in [4.78, 5) is 11.4. The summed E-state index contributed by atoms with van der Waals surface area (Å²) < 4.78 is 23.4. The van der Waals surface area contributed by atoms with Crippen LogP contribution in [0, 0.1) is 5.41 Å². The van der Waals surface area contributed by atoms with E-state index in [-0.39, 0.29) is 11.3 Å². The third-order valence-electron chi connectivity index (χ3n) is 2.92. The molecule has 0 aromatic heterocycles. The van der Waals surface area contributed by atoms with Gasteiger partial charge in [0.2, 0.25) is 0 Å². The van der Waals surface area contributed by atoms with Crippen LogP contribution in [0.25, 0.3) is 0 Å². The van der Waals surface area contributed by atoms with Gasteiger partial charge >= 0.3 is 7.60 Å². The van der Waals surface area contributed by atoms with Crippen molar-refractivity contribution < 1.29 is 18.4 Å². The maximum atomic E-state index is 12.5. The summed E-state index contributed by atoms with van der Waals surface area (Å²) in [5, 5.41) is 3.01. The van der Waals surface area contributed by atoms with Crippen molar-refractivity contribution in [2.45, 2.75) is 13.8 Å². The van der Waals surface area contributed by atoms with E-state index in [9.17, 15) is 9.36 Å². The Bertz CT molecular complexity index is 510. The second kappa shape index (κ2) is 5.08. The summed E-state index contributed by atoms with van der Waals surface area (Å²) in [5.41, 5.74) is 0.380. The minimum absolute atomic E-state index is 0.129. The molecule has 0 atom stereocenters. The van der Waals surface area contributed by atoms with Gasteiger partial charge in [-0.05, 0) is 24.3 Å². The molecule has 6 heteroatoms. The van der Waals surface area contributed by atoms with Crippen molar-refractivity contribution in [1.29, 1.82) is 0 Å². The van der Waals surface area contributed by atoms with Gasteiger partial charge in [-0.3, -0.25) is 9.36 Å². The molecule has 0 saturated carbocycles. The van der Waals surface area contributed by atoms with Crippen LogP contribution in [0.4, 0.5) is 0 Å². The number of hydrogen-bond donors (Lipinski definition) is 1. The van der Waals surface area contributed by atoms with Gasteiger partial charge < -0.3 is 14.4 Å². The van der Waals surface area contributed by atoms with Crippen LogP contribution in [0.1, 0.15) is 24.2 Å². The van der Waals surface area contributed by atoms with Crippen molar-refractivity contribution >= 4 is 18.8 Å². The SMILES string of the molecule is CNC(=O)c1ccc(P2(=O)OCC(C)(C)CO2)cc1. The van der Waals surface area contributed by atoms with Crippen LogP contribution in [0.2, 0.25) is 0 Å². The largest absolute Gasteiger partial charge is 0.361 e. The van der Waals surface area contributed by atoms with Gasteiger partial charge in [-0.1, -0.05) is 13.8 Å². The first-order valence-electron chi connectivity index (χ1n) is 6.08. The van der Waals surface area contributed by atoms with Gasteiger partial charge in [0, 0.05) is 18.0 Å². The van der Waals surface area contributed by atoms with E-state index < -0.39 is 7.60 Å². The van der Waals surface area contributed by atoms with Crippen molar-refractivity contribution in [3.05, 3.63) is 29.8 Å². The summed E-state index contributed by atoms with van der Waals surface area (Å²) in [6.45, 7) is 4.76. The molecule has 0 unspecified atom stereocenters. The monoisotopic (exact) mass is 283 g/mol. The molecule has 1 saturated heterocycles. The topological polar surface area (TPSA) is 64.6 Å². The molecule has 1 N–H and O–H groups in total. The lowest BCUT2D eigenvalue weighted by Crippen LogP contribution is -2.32. The van der Waals surface area contributed by atoms with E-state index in [1.54, 1.807) is 31.3 Å². The fourth-order valence-electron chi connectivity index (χ4n) is 1.69. The summed E-state index contributed by atoms with van der Waals surface area (Å²) in [6.07, 6.45) is 0. The van der Waals surface area contributed by atoms with Crippen LogP contribution in [-0.4, -0.2) is 26.2 Å². The fourth-order valence-corrected chi connectivity index (χ4v) is 3.61. The van der Waals surface area contributed by atoms with Crippen molar-refractivity contribution in [2.75, 3.05) is 20.3 Å². The zero-order valence-corrected chi connectivity index (χ0v) is 12.2. The predicted octanol–water partition coefficient (Wildman–Crippen LogP) is 1.94. The number of hydrogen-bond acceptors (Lipinski definition) is 4. The van der Waals surface area contributed by atoms with Crippen LogP contribution in [-0.2, 0) is 13.6 Å². The molecule has 2 rings (SSSR count). The van der Waals surface area contributed by atoms with Crippen LogP contribution in [0.5, 0.6) is 0 Å². The molecule has 1 fully saturated rings. The van der Waals surface area contributed by atoms with Gasteiger partial charge in [-0.2, -0.15) is 0 Å². The first-order valence-corrected chi connectivity index (χ1v) is 7.62. The van der Waals surface area contributed by atoms with Gasteiger partial charge in [0.15, 0.2) is 0 Å². The molecular formula is C13H18NO4P. The van der Waals surface area contributed by atoms with Crippen molar-refractivity contribution in [3.8, 4) is 0 Å². The number of carbonyl (C=O) groups excluding carboxylic acids is 1. The quantitative estimate of drug-likeness (QED) is 0.842. The highest BCUT2D eigenvalue weighted by Crippen LogP contribution is 2.52. The Morgan fingerprint density at radius 1 is 1.21 bits per heavy atom. The van der Waals surface area contributed by atoms with E-state index in [2.05, 4.69) is 5.32 Å². The van der Waals surface area contributed by atoms with Crippen LogP contribution < -0.4 is 10.6 Å². The highest BCUT2D eigenvalue weighted by atomic mass is 31.2. The fraction of sp³-hybridized carbons (Fsp3) is 0.462. The minimum atomic E-state index is -3.24. The molecule has 104 valence electrons. The molecule has 0 bridgehead atoms. The van der Waals surface area contributed by atoms with E-state index in [0.717, 1.165) is 0 Å². The summed E-state index contributed by atoms with van der Waals surface area (Å²) >= 11 is 0. The lowest BCUT2D eigenvalue weighted by Gasteiger charge is -2.34. The van der Waals surface area contributed by atoms with Crippen molar-refractivity contribution in [1.82, 2.24) is 5.32 Å². The third kappa shape index (κ3) is 3.06. The Balaban J connectivity index is 2.19. The molecule has 1 aromatic carbocycles. The zero-order valence-electron chi connectivity index (χ0n) is 11.3. The van der Waals surface area contributed by atoms with Gasteiger partial charge in [0.1, 0.15) is 0 Å². The number of rotatable bonds is 2. The van der Waals surface area contributed by atoms with E-state index in [1.165, 1.54) is 0 Å². The maximum Gasteiger partial charge on any atom is 0.361 e. The molecule has 1 heterocycles. The molecule has 0 aliphatic carbocycles. The molecule has 1 aliphatic rings. The average Bonchev–Trinajstić information content (AvgIpc) is 2.42. The second-order valence-corrected chi connectivity index (χ2v) is 7.36. The first kappa shape index (κ1) is 14.3. The summed E-state index contributed by atoms with van der Waals surface area (Å²) in [6, 6.07) is 6.45. The van der Waals surface area contributed by atoms with Crippen molar-refractivity contribution in [3.63, 3.8) is 0 Å². The molecule has 5 nitrogen and oxygen atoms in total. The molecule has 1 aliphatic heterocycles. The smallest absolute Gasteiger partial charge is 0.355 e. The number of benzene rings is 1. The molecule has 0 radical (unpaired) electrons. The summed E-state index contributed by atoms with van der Waals surface area (Å²) in [5.74, 6) is -0.184. The van der Waals surface area contributed by atoms with Crippen LogP contribution >= 0.6 is 7.60 Å². The molecule has 19 heavy (non-hydrogen) atoms. The standard InChI is InChI=1S/C13H18NO4P/c1-13(2)8-17-19(16,18-9-13)11-6-4-10(5-7-11)12(15)14-3/h4-7H,8-9H2,1-3H3,(H,14,15). The van der Waals surface area contributed by atoms with Crippen LogP contribution in [0.15, 0.2) is 24.3 Å². The lowest BCUT2D eigenvalue weighted by molar-refractivity contribution is 0.0463. The van der Waals surface area contributed by atoms with E-state index >= 15 is 0 Å². The van der Waals surface area contributed by atoms with E-state index in [4.69, 9.17) is 9.05 Å². The van der Waals surface area contributed by atoms with Crippen molar-refractivity contribution in [2.24, 2.45) is 5.41 Å². The predicted molar refractivity (Wildman–Crippen MR) is 72.8 cm³/mol. The average molecular weight is 283 g/mol. The molecule has 0 spiro atoms. The van der Waals surface area contributed by atoms with E-state index in [0.29, 0.717) is 24.1 Å². The van der Waals surface area contributed by atoms with Gasteiger partial charge in [0.05, 0.1) is 18.5 Å². The summed E-state index contributed by atoms with van der Waals surface area (Å²) in [7, 11) is -1.67. The second-order valence-electron chi connectivity index (χ2n) is 5.33. The van der Waals surface area contributed by atoms with Crippen LogP contribution in [0.3, 0.4) is 0 Å². The lowest BCUT2D eigenvalue weighted by atomic mass is 9.97. The van der Waals surface area contributed by atoms with Gasteiger partial charge in [-0.15, -0.1) is 0 Å². The van der Waals surface area contributed by atoms with Gasteiger partial charge in [-0.25, -0.2) is 0 Å². The first-order chi connectivity index (χ1) is 8.86. The van der Waals surface area contributed by atoms with E-state index in [1.807, 2.05) is 13.8 Å². The maximum absolute atomic E-state index is 12.5. The Hall–Kier alpha value is -1.16. The normalized spacial score (nSPS) is 20.8. The Labute approximate surface area is 112 Å².